The third-order valence-electron chi connectivity index (χ3n) is 2.62. The fourth-order valence-corrected chi connectivity index (χ4v) is 1.84. The van der Waals surface area contributed by atoms with Gasteiger partial charge in [-0.1, -0.05) is 11.6 Å². The standard InChI is InChI=1S/C11H9ClN2O5/c12-9-2-1-8(14(17)18)3-7(9)4-13-10(15)5-19-6-11(13)16/h1-3H,4-6H2. The van der Waals surface area contributed by atoms with Crippen molar-refractivity contribution in [3.05, 3.63) is 38.9 Å². The van der Waals surface area contributed by atoms with Crippen molar-refractivity contribution in [2.24, 2.45) is 0 Å². The van der Waals surface area contributed by atoms with Gasteiger partial charge in [-0.3, -0.25) is 24.6 Å². The Morgan fingerprint density at radius 3 is 2.53 bits per heavy atom. The third-order valence-corrected chi connectivity index (χ3v) is 2.99. The van der Waals surface area contributed by atoms with Crippen molar-refractivity contribution in [1.29, 1.82) is 0 Å². The number of hydrogen-bond donors (Lipinski definition) is 0. The molecular weight excluding hydrogens is 276 g/mol. The van der Waals surface area contributed by atoms with Crippen molar-refractivity contribution < 1.29 is 19.2 Å². The summed E-state index contributed by atoms with van der Waals surface area (Å²) in [6.45, 7) is -0.460. The van der Waals surface area contributed by atoms with E-state index in [0.29, 0.717) is 5.56 Å². The average molecular weight is 285 g/mol. The number of morpholine rings is 1. The average Bonchev–Trinajstić information content (AvgIpc) is 2.35. The highest BCUT2D eigenvalue weighted by molar-refractivity contribution is 6.31. The zero-order chi connectivity index (χ0) is 14.0. The van der Waals surface area contributed by atoms with Crippen LogP contribution in [0.1, 0.15) is 5.56 Å². The quantitative estimate of drug-likeness (QED) is 0.471. The summed E-state index contributed by atoms with van der Waals surface area (Å²) in [5.74, 6) is -0.974. The summed E-state index contributed by atoms with van der Waals surface area (Å²) in [4.78, 5) is 34.2. The van der Waals surface area contributed by atoms with E-state index in [0.717, 1.165) is 4.90 Å². The first kappa shape index (κ1) is 13.4. The van der Waals surface area contributed by atoms with E-state index < -0.39 is 16.7 Å². The molecule has 8 heteroatoms. The van der Waals surface area contributed by atoms with Gasteiger partial charge in [0.25, 0.3) is 17.5 Å². The number of rotatable bonds is 3. The van der Waals surface area contributed by atoms with Crippen molar-refractivity contribution >= 4 is 29.1 Å². The van der Waals surface area contributed by atoms with E-state index in [-0.39, 0.29) is 30.5 Å². The van der Waals surface area contributed by atoms with Gasteiger partial charge in [0.05, 0.1) is 11.5 Å². The number of imide groups is 1. The lowest BCUT2D eigenvalue weighted by Crippen LogP contribution is -2.45. The fraction of sp³-hybridized carbons (Fsp3) is 0.273. The second-order valence-corrected chi connectivity index (χ2v) is 4.31. The van der Waals surface area contributed by atoms with Crippen LogP contribution in [0.15, 0.2) is 18.2 Å². The normalized spacial score (nSPS) is 15.7. The summed E-state index contributed by atoms with van der Waals surface area (Å²) in [7, 11) is 0. The Labute approximate surface area is 112 Å². The van der Waals surface area contributed by atoms with Gasteiger partial charge >= 0.3 is 0 Å². The molecule has 0 N–H and O–H groups in total. The van der Waals surface area contributed by atoms with E-state index in [1.165, 1.54) is 18.2 Å². The lowest BCUT2D eigenvalue weighted by atomic mass is 10.2. The van der Waals surface area contributed by atoms with Crippen LogP contribution in [0.3, 0.4) is 0 Å². The van der Waals surface area contributed by atoms with E-state index in [9.17, 15) is 19.7 Å². The molecule has 0 aliphatic carbocycles. The summed E-state index contributed by atoms with van der Waals surface area (Å²) in [5, 5.41) is 10.9. The highest BCUT2D eigenvalue weighted by Gasteiger charge is 2.27. The molecule has 1 saturated heterocycles. The zero-order valence-corrected chi connectivity index (χ0v) is 10.4. The monoisotopic (exact) mass is 284 g/mol. The second-order valence-electron chi connectivity index (χ2n) is 3.90. The van der Waals surface area contributed by atoms with Gasteiger partial charge < -0.3 is 4.74 Å². The number of nitro groups is 1. The van der Waals surface area contributed by atoms with Crippen LogP contribution in [0.25, 0.3) is 0 Å². The summed E-state index contributed by atoms with van der Waals surface area (Å²) in [5.41, 5.74) is 0.201. The number of benzene rings is 1. The molecule has 1 fully saturated rings. The first-order valence-electron chi connectivity index (χ1n) is 5.33. The van der Waals surface area contributed by atoms with Gasteiger partial charge in [-0.25, -0.2) is 0 Å². The molecule has 2 amide bonds. The van der Waals surface area contributed by atoms with Crippen LogP contribution in [0.2, 0.25) is 5.02 Å². The first-order valence-corrected chi connectivity index (χ1v) is 5.70. The summed E-state index contributed by atoms with van der Waals surface area (Å²) < 4.78 is 4.77. The van der Waals surface area contributed by atoms with Gasteiger partial charge in [0.2, 0.25) is 0 Å². The number of halogens is 1. The minimum Gasteiger partial charge on any atom is -0.362 e. The molecule has 1 aliphatic heterocycles. The van der Waals surface area contributed by atoms with Crippen LogP contribution >= 0.6 is 11.6 Å². The maximum atomic E-state index is 11.5. The van der Waals surface area contributed by atoms with Gasteiger partial charge in [0.15, 0.2) is 0 Å². The van der Waals surface area contributed by atoms with Crippen LogP contribution in [-0.2, 0) is 20.9 Å². The molecule has 0 radical (unpaired) electrons. The molecule has 0 aromatic heterocycles. The highest BCUT2D eigenvalue weighted by Crippen LogP contribution is 2.24. The minimum atomic E-state index is -0.567. The smallest absolute Gasteiger partial charge is 0.269 e. The molecule has 0 unspecified atom stereocenters. The Morgan fingerprint density at radius 2 is 1.95 bits per heavy atom. The van der Waals surface area contributed by atoms with E-state index in [2.05, 4.69) is 0 Å². The number of nitro benzene ring substituents is 1. The zero-order valence-electron chi connectivity index (χ0n) is 9.67. The number of ether oxygens (including phenoxy) is 1. The van der Waals surface area contributed by atoms with Crippen LogP contribution in [0.5, 0.6) is 0 Å². The molecule has 1 heterocycles. The topological polar surface area (TPSA) is 89.8 Å². The van der Waals surface area contributed by atoms with Gasteiger partial charge in [-0.2, -0.15) is 0 Å². The second kappa shape index (κ2) is 5.33. The molecule has 0 bridgehead atoms. The Kier molecular flexibility index (Phi) is 3.77. The lowest BCUT2D eigenvalue weighted by molar-refractivity contribution is -0.384. The summed E-state index contributed by atoms with van der Waals surface area (Å²) >= 11 is 5.91. The van der Waals surface area contributed by atoms with Crippen LogP contribution in [-0.4, -0.2) is 34.9 Å². The Balaban J connectivity index is 2.27. The third kappa shape index (κ3) is 2.88. The van der Waals surface area contributed by atoms with Gasteiger partial charge in [0.1, 0.15) is 13.2 Å². The van der Waals surface area contributed by atoms with Gasteiger partial charge in [-0.15, -0.1) is 0 Å². The van der Waals surface area contributed by atoms with Crippen LogP contribution in [0.4, 0.5) is 5.69 Å². The SMILES string of the molecule is O=C1COCC(=O)N1Cc1cc([N+](=O)[O-])ccc1Cl. The van der Waals surface area contributed by atoms with Crippen molar-refractivity contribution in [3.63, 3.8) is 0 Å². The Hall–Kier alpha value is -1.99. The summed E-state index contributed by atoms with van der Waals surface area (Å²) in [6.07, 6.45) is 0. The minimum absolute atomic E-state index is 0.0957. The van der Waals surface area contributed by atoms with E-state index in [1.54, 1.807) is 0 Å². The van der Waals surface area contributed by atoms with E-state index in [1.807, 2.05) is 0 Å². The predicted molar refractivity (Wildman–Crippen MR) is 64.5 cm³/mol. The maximum absolute atomic E-state index is 11.5. The molecule has 7 nitrogen and oxygen atoms in total. The lowest BCUT2D eigenvalue weighted by Gasteiger charge is -2.25. The highest BCUT2D eigenvalue weighted by atomic mass is 35.5. The van der Waals surface area contributed by atoms with Crippen molar-refractivity contribution in [2.75, 3.05) is 13.2 Å². The maximum Gasteiger partial charge on any atom is 0.269 e. The van der Waals surface area contributed by atoms with Gasteiger partial charge in [-0.05, 0) is 11.6 Å². The molecule has 1 aromatic rings. The Bertz CT molecular complexity index is 544. The molecule has 1 aliphatic rings. The number of carbonyl (C=O) groups is 2. The molecule has 1 aromatic carbocycles. The van der Waals surface area contributed by atoms with Gasteiger partial charge in [0, 0.05) is 17.2 Å². The number of nitrogens with zero attached hydrogens (tertiary/aromatic N) is 2. The number of amides is 2. The number of carbonyl (C=O) groups excluding carboxylic acids is 2. The van der Waals surface area contributed by atoms with E-state index in [4.69, 9.17) is 16.3 Å². The van der Waals surface area contributed by atoms with Crippen molar-refractivity contribution in [1.82, 2.24) is 4.90 Å². The molecule has 0 spiro atoms. The fourth-order valence-electron chi connectivity index (χ4n) is 1.66. The van der Waals surface area contributed by atoms with Crippen molar-refractivity contribution in [2.45, 2.75) is 6.54 Å². The first-order chi connectivity index (χ1) is 8.99. The molecule has 2 rings (SSSR count). The van der Waals surface area contributed by atoms with E-state index >= 15 is 0 Å². The van der Waals surface area contributed by atoms with Crippen LogP contribution < -0.4 is 0 Å². The molecule has 0 saturated carbocycles. The predicted octanol–water partition coefficient (Wildman–Crippen LogP) is 1.13. The molecule has 19 heavy (non-hydrogen) atoms. The molecule has 100 valence electrons. The van der Waals surface area contributed by atoms with Crippen LogP contribution in [0, 0.1) is 10.1 Å². The molecular formula is C11H9ClN2O5. The Morgan fingerprint density at radius 1 is 1.32 bits per heavy atom. The summed E-state index contributed by atoms with van der Waals surface area (Å²) in [6, 6.07) is 3.87. The largest absolute Gasteiger partial charge is 0.362 e. The van der Waals surface area contributed by atoms with Crippen molar-refractivity contribution in [3.8, 4) is 0 Å². The number of hydrogen-bond acceptors (Lipinski definition) is 5. The molecule has 0 atom stereocenters. The number of non-ortho nitro benzene ring substituents is 1.